The van der Waals surface area contributed by atoms with Gasteiger partial charge >= 0.3 is 0 Å². The lowest BCUT2D eigenvalue weighted by molar-refractivity contribution is -0.122. The third-order valence-electron chi connectivity index (χ3n) is 3.28. The van der Waals surface area contributed by atoms with Crippen LogP contribution >= 0.6 is 0 Å². The van der Waals surface area contributed by atoms with Crippen molar-refractivity contribution in [2.45, 2.75) is 25.5 Å². The first-order chi connectivity index (χ1) is 9.97. The van der Waals surface area contributed by atoms with E-state index < -0.39 is 11.4 Å². The second kappa shape index (κ2) is 6.41. The summed E-state index contributed by atoms with van der Waals surface area (Å²) in [7, 11) is 0. The molecule has 0 saturated heterocycles. The Bertz CT molecular complexity index is 609. The molecule has 110 valence electrons. The zero-order valence-corrected chi connectivity index (χ0v) is 12.1. The van der Waals surface area contributed by atoms with E-state index in [1.54, 1.807) is 6.92 Å². The first kappa shape index (κ1) is 15.1. The fourth-order valence-electron chi connectivity index (χ4n) is 2.00. The third-order valence-corrected chi connectivity index (χ3v) is 3.28. The lowest BCUT2D eigenvalue weighted by atomic mass is 9.93. The van der Waals surface area contributed by atoms with Gasteiger partial charge in [-0.2, -0.15) is 0 Å². The molecule has 4 heteroatoms. The van der Waals surface area contributed by atoms with Crippen LogP contribution in [0.1, 0.15) is 18.1 Å². The van der Waals surface area contributed by atoms with Gasteiger partial charge in [-0.25, -0.2) is 0 Å². The van der Waals surface area contributed by atoms with Crippen LogP contribution < -0.4 is 16.2 Å². The minimum atomic E-state index is -1.06. The van der Waals surface area contributed by atoms with Gasteiger partial charge in [0.1, 0.15) is 12.4 Å². The van der Waals surface area contributed by atoms with Gasteiger partial charge in [0.05, 0.1) is 5.54 Å². The van der Waals surface area contributed by atoms with E-state index in [4.69, 9.17) is 16.2 Å². The molecular formula is C17H20N2O2. The lowest BCUT2D eigenvalue weighted by Gasteiger charge is -2.20. The highest BCUT2D eigenvalue weighted by atomic mass is 16.5. The van der Waals surface area contributed by atoms with E-state index in [1.165, 1.54) is 0 Å². The molecule has 0 aliphatic rings. The molecule has 1 atom stereocenters. The monoisotopic (exact) mass is 284 g/mol. The van der Waals surface area contributed by atoms with Gasteiger partial charge in [0.25, 0.3) is 0 Å². The van der Waals surface area contributed by atoms with Gasteiger partial charge in [0.2, 0.25) is 5.91 Å². The predicted molar refractivity (Wildman–Crippen MR) is 82.7 cm³/mol. The van der Waals surface area contributed by atoms with Crippen LogP contribution in [0.4, 0.5) is 0 Å². The third kappa shape index (κ3) is 4.33. The number of amides is 1. The Morgan fingerprint density at radius 2 is 1.76 bits per heavy atom. The van der Waals surface area contributed by atoms with Crippen LogP contribution in [-0.2, 0) is 17.8 Å². The maximum Gasteiger partial charge on any atom is 0.237 e. The Hall–Kier alpha value is -2.33. The van der Waals surface area contributed by atoms with Crippen LogP contribution in [0.25, 0.3) is 0 Å². The number of carbonyl (C=O) groups is 1. The zero-order valence-electron chi connectivity index (χ0n) is 12.1. The molecule has 2 rings (SSSR count). The van der Waals surface area contributed by atoms with E-state index in [1.807, 2.05) is 54.6 Å². The van der Waals surface area contributed by atoms with Crippen molar-refractivity contribution >= 4 is 5.91 Å². The molecule has 0 bridgehead atoms. The standard InChI is InChI=1S/C17H20N2O2/c1-17(19,16(18)20)11-14-8-5-9-15(10-14)21-12-13-6-3-2-4-7-13/h2-10H,11-12,19H2,1H3,(H2,18,20). The highest BCUT2D eigenvalue weighted by Crippen LogP contribution is 2.18. The van der Waals surface area contributed by atoms with Gasteiger partial charge in [-0.3, -0.25) is 4.79 Å². The molecule has 2 aromatic carbocycles. The summed E-state index contributed by atoms with van der Waals surface area (Å²) in [6.45, 7) is 2.13. The van der Waals surface area contributed by atoms with Crippen molar-refractivity contribution in [3.63, 3.8) is 0 Å². The lowest BCUT2D eigenvalue weighted by Crippen LogP contribution is -2.51. The summed E-state index contributed by atoms with van der Waals surface area (Å²) in [5, 5.41) is 0. The molecule has 0 saturated carbocycles. The zero-order chi connectivity index (χ0) is 15.3. The fraction of sp³-hybridized carbons (Fsp3) is 0.235. The van der Waals surface area contributed by atoms with E-state index >= 15 is 0 Å². The number of hydrogen-bond donors (Lipinski definition) is 2. The molecule has 0 spiro atoms. The van der Waals surface area contributed by atoms with Gasteiger partial charge in [-0.1, -0.05) is 42.5 Å². The van der Waals surface area contributed by atoms with Crippen LogP contribution in [0, 0.1) is 0 Å². The van der Waals surface area contributed by atoms with Crippen LogP contribution in [0.3, 0.4) is 0 Å². The first-order valence-corrected chi connectivity index (χ1v) is 6.82. The van der Waals surface area contributed by atoms with Gasteiger partial charge in [-0.15, -0.1) is 0 Å². The normalized spacial score (nSPS) is 13.4. The maximum atomic E-state index is 11.3. The topological polar surface area (TPSA) is 78.3 Å². The number of primary amides is 1. The van der Waals surface area contributed by atoms with Crippen molar-refractivity contribution in [2.24, 2.45) is 11.5 Å². The Morgan fingerprint density at radius 3 is 2.43 bits per heavy atom. The quantitative estimate of drug-likeness (QED) is 0.851. The first-order valence-electron chi connectivity index (χ1n) is 6.82. The number of nitrogens with two attached hydrogens (primary N) is 2. The van der Waals surface area contributed by atoms with Gasteiger partial charge in [0, 0.05) is 0 Å². The number of hydrogen-bond acceptors (Lipinski definition) is 3. The summed E-state index contributed by atoms with van der Waals surface area (Å²) in [6.07, 6.45) is 0.380. The van der Waals surface area contributed by atoms with Crippen molar-refractivity contribution in [3.05, 3.63) is 65.7 Å². The average Bonchev–Trinajstić information content (AvgIpc) is 2.46. The molecule has 1 amide bonds. The summed E-state index contributed by atoms with van der Waals surface area (Å²) in [5.41, 5.74) is 12.2. The minimum Gasteiger partial charge on any atom is -0.489 e. The molecule has 0 radical (unpaired) electrons. The smallest absolute Gasteiger partial charge is 0.237 e. The number of carbonyl (C=O) groups excluding carboxylic acids is 1. The molecule has 0 aromatic heterocycles. The van der Waals surface area contributed by atoms with Gasteiger partial charge < -0.3 is 16.2 Å². The summed E-state index contributed by atoms with van der Waals surface area (Å²) < 4.78 is 5.75. The summed E-state index contributed by atoms with van der Waals surface area (Å²) in [6, 6.07) is 17.5. The fourth-order valence-corrected chi connectivity index (χ4v) is 2.00. The maximum absolute atomic E-state index is 11.3. The largest absolute Gasteiger partial charge is 0.489 e. The molecule has 2 aromatic rings. The van der Waals surface area contributed by atoms with Gasteiger partial charge in [-0.05, 0) is 36.6 Å². The number of benzene rings is 2. The van der Waals surface area contributed by atoms with E-state index in [-0.39, 0.29) is 0 Å². The molecular weight excluding hydrogens is 264 g/mol. The second-order valence-corrected chi connectivity index (χ2v) is 5.38. The molecule has 0 aliphatic heterocycles. The van der Waals surface area contributed by atoms with Crippen LogP contribution in [0.2, 0.25) is 0 Å². The van der Waals surface area contributed by atoms with Crippen molar-refractivity contribution in [2.75, 3.05) is 0 Å². The molecule has 4 nitrogen and oxygen atoms in total. The van der Waals surface area contributed by atoms with E-state index in [9.17, 15) is 4.79 Å². The number of ether oxygens (including phenoxy) is 1. The predicted octanol–water partition coefficient (Wildman–Crippen LogP) is 2.01. The van der Waals surface area contributed by atoms with Crippen molar-refractivity contribution in [3.8, 4) is 5.75 Å². The Kier molecular flexibility index (Phi) is 4.60. The second-order valence-electron chi connectivity index (χ2n) is 5.38. The van der Waals surface area contributed by atoms with E-state index in [0.717, 1.165) is 16.9 Å². The molecule has 0 fully saturated rings. The Labute approximate surface area is 124 Å². The minimum absolute atomic E-state index is 0.380. The van der Waals surface area contributed by atoms with E-state index in [0.29, 0.717) is 13.0 Å². The highest BCUT2D eigenvalue weighted by Gasteiger charge is 2.25. The molecule has 21 heavy (non-hydrogen) atoms. The SMILES string of the molecule is CC(N)(Cc1cccc(OCc2ccccc2)c1)C(N)=O. The Morgan fingerprint density at radius 1 is 1.10 bits per heavy atom. The van der Waals surface area contributed by atoms with Crippen LogP contribution in [0.15, 0.2) is 54.6 Å². The highest BCUT2D eigenvalue weighted by molar-refractivity contribution is 5.84. The summed E-state index contributed by atoms with van der Waals surface area (Å²) in [5.74, 6) is 0.231. The molecule has 0 aliphatic carbocycles. The molecule has 4 N–H and O–H groups in total. The summed E-state index contributed by atoms with van der Waals surface area (Å²) in [4.78, 5) is 11.3. The van der Waals surface area contributed by atoms with Crippen molar-refractivity contribution in [1.29, 1.82) is 0 Å². The summed E-state index contributed by atoms with van der Waals surface area (Å²) >= 11 is 0. The van der Waals surface area contributed by atoms with Crippen molar-refractivity contribution in [1.82, 2.24) is 0 Å². The molecule has 0 heterocycles. The average molecular weight is 284 g/mol. The van der Waals surface area contributed by atoms with Crippen LogP contribution in [0.5, 0.6) is 5.75 Å². The number of rotatable bonds is 6. The van der Waals surface area contributed by atoms with Crippen molar-refractivity contribution < 1.29 is 9.53 Å². The Balaban J connectivity index is 2.03. The van der Waals surface area contributed by atoms with Crippen LogP contribution in [-0.4, -0.2) is 11.4 Å². The van der Waals surface area contributed by atoms with Gasteiger partial charge in [0.15, 0.2) is 0 Å². The van der Waals surface area contributed by atoms with E-state index in [2.05, 4.69) is 0 Å². The molecule has 1 unspecified atom stereocenters.